The van der Waals surface area contributed by atoms with Crippen molar-refractivity contribution in [2.45, 2.75) is 77.4 Å². The lowest BCUT2D eigenvalue weighted by Gasteiger charge is -2.27. The van der Waals surface area contributed by atoms with E-state index in [4.69, 9.17) is 4.74 Å². The molecule has 0 radical (unpaired) electrons. The van der Waals surface area contributed by atoms with Crippen molar-refractivity contribution in [2.75, 3.05) is 6.54 Å². The van der Waals surface area contributed by atoms with Crippen molar-refractivity contribution in [3.05, 3.63) is 29.8 Å². The van der Waals surface area contributed by atoms with Crippen LogP contribution in [0.5, 0.6) is 5.75 Å². The van der Waals surface area contributed by atoms with Gasteiger partial charge >= 0.3 is 0 Å². The van der Waals surface area contributed by atoms with Gasteiger partial charge in [0.25, 0.3) is 0 Å². The topological polar surface area (TPSA) is 21.3 Å². The highest BCUT2D eigenvalue weighted by Gasteiger charge is 2.24. The molecule has 0 aromatic heterocycles. The molecule has 2 atom stereocenters. The molecule has 0 amide bonds. The van der Waals surface area contributed by atoms with Crippen LogP contribution in [-0.4, -0.2) is 18.7 Å². The highest BCUT2D eigenvalue weighted by molar-refractivity contribution is 5.30. The molecule has 118 valence electrons. The molecule has 1 N–H and O–H groups in total. The smallest absolute Gasteiger partial charge is 0.120 e. The molecule has 1 aliphatic rings. The average Bonchev–Trinajstić information content (AvgIpc) is 2.71. The molecule has 1 fully saturated rings. The van der Waals surface area contributed by atoms with Gasteiger partial charge in [-0.3, -0.25) is 0 Å². The first-order valence-electron chi connectivity index (χ1n) is 8.70. The minimum absolute atomic E-state index is 0.321. The lowest BCUT2D eigenvalue weighted by Crippen LogP contribution is -2.42. The van der Waals surface area contributed by atoms with Crippen molar-refractivity contribution < 1.29 is 4.74 Å². The fourth-order valence-corrected chi connectivity index (χ4v) is 3.10. The van der Waals surface area contributed by atoms with Crippen LogP contribution < -0.4 is 10.1 Å². The van der Waals surface area contributed by atoms with Crippen LogP contribution >= 0.6 is 0 Å². The lowest BCUT2D eigenvalue weighted by molar-refractivity contribution is 0.144. The van der Waals surface area contributed by atoms with E-state index in [-0.39, 0.29) is 0 Å². The van der Waals surface area contributed by atoms with Crippen molar-refractivity contribution in [3.8, 4) is 5.75 Å². The van der Waals surface area contributed by atoms with Gasteiger partial charge in [0.05, 0.1) is 0 Å². The number of ether oxygens (including phenoxy) is 1. The maximum atomic E-state index is 6.37. The Bertz CT molecular complexity index is 416. The Hall–Kier alpha value is -1.02. The summed E-state index contributed by atoms with van der Waals surface area (Å²) in [6, 6.07) is 9.14. The van der Waals surface area contributed by atoms with Crippen LogP contribution in [0.25, 0.3) is 0 Å². The molecule has 21 heavy (non-hydrogen) atoms. The third-order valence-corrected chi connectivity index (χ3v) is 4.42. The molecule has 0 aliphatic heterocycles. The normalized spacial score (nSPS) is 23.0. The van der Waals surface area contributed by atoms with Gasteiger partial charge < -0.3 is 10.1 Å². The molecule has 0 spiro atoms. The minimum atomic E-state index is 0.321. The Morgan fingerprint density at radius 1 is 1.19 bits per heavy atom. The Balaban J connectivity index is 2.04. The van der Waals surface area contributed by atoms with Crippen LogP contribution in [0, 0.1) is 0 Å². The van der Waals surface area contributed by atoms with Crippen molar-refractivity contribution in [1.82, 2.24) is 5.32 Å². The van der Waals surface area contributed by atoms with Gasteiger partial charge in [-0.2, -0.15) is 0 Å². The van der Waals surface area contributed by atoms with Gasteiger partial charge in [0.1, 0.15) is 11.9 Å². The molecular weight excluding hydrogens is 258 g/mol. The lowest BCUT2D eigenvalue weighted by atomic mass is 10.0. The Labute approximate surface area is 130 Å². The number of hydrogen-bond acceptors (Lipinski definition) is 2. The SMILES string of the molecule is CCCNC1CCCCCC1Oc1cccc(C(C)C)c1. The quantitative estimate of drug-likeness (QED) is 0.753. The predicted molar refractivity (Wildman–Crippen MR) is 90.1 cm³/mol. The molecule has 2 heteroatoms. The van der Waals surface area contributed by atoms with Crippen LogP contribution in [0.15, 0.2) is 24.3 Å². The maximum absolute atomic E-state index is 6.37. The average molecular weight is 289 g/mol. The van der Waals surface area contributed by atoms with Crippen LogP contribution in [0.2, 0.25) is 0 Å². The molecule has 2 nitrogen and oxygen atoms in total. The van der Waals surface area contributed by atoms with E-state index in [0.717, 1.165) is 12.3 Å². The zero-order valence-electron chi connectivity index (χ0n) is 13.9. The highest BCUT2D eigenvalue weighted by Crippen LogP contribution is 2.26. The maximum Gasteiger partial charge on any atom is 0.120 e. The van der Waals surface area contributed by atoms with Crippen molar-refractivity contribution >= 4 is 0 Å². The van der Waals surface area contributed by atoms with E-state index < -0.39 is 0 Å². The summed E-state index contributed by atoms with van der Waals surface area (Å²) < 4.78 is 6.37. The first kappa shape index (κ1) is 16.4. The van der Waals surface area contributed by atoms with E-state index >= 15 is 0 Å². The van der Waals surface area contributed by atoms with Gasteiger partial charge in [-0.1, -0.05) is 45.7 Å². The van der Waals surface area contributed by atoms with Crippen molar-refractivity contribution in [1.29, 1.82) is 0 Å². The number of rotatable bonds is 6. The Kier molecular flexibility index (Phi) is 6.56. The molecule has 0 bridgehead atoms. The summed E-state index contributed by atoms with van der Waals surface area (Å²) in [7, 11) is 0. The predicted octanol–water partition coefficient (Wildman–Crippen LogP) is 4.89. The highest BCUT2D eigenvalue weighted by atomic mass is 16.5. The number of nitrogens with one attached hydrogen (secondary N) is 1. The molecule has 1 aromatic carbocycles. The molecule has 0 heterocycles. The monoisotopic (exact) mass is 289 g/mol. The molecule has 1 saturated carbocycles. The molecule has 1 aromatic rings. The van der Waals surface area contributed by atoms with Gasteiger partial charge in [0.15, 0.2) is 0 Å². The third-order valence-electron chi connectivity index (χ3n) is 4.42. The van der Waals surface area contributed by atoms with Crippen LogP contribution in [0.4, 0.5) is 0 Å². The van der Waals surface area contributed by atoms with E-state index in [1.54, 1.807) is 0 Å². The summed E-state index contributed by atoms with van der Waals surface area (Å²) in [6.45, 7) is 7.79. The second-order valence-corrected chi connectivity index (χ2v) is 6.58. The van der Waals surface area contributed by atoms with Gasteiger partial charge in [-0.25, -0.2) is 0 Å². The van der Waals surface area contributed by atoms with E-state index in [9.17, 15) is 0 Å². The van der Waals surface area contributed by atoms with Gasteiger partial charge in [-0.15, -0.1) is 0 Å². The molecule has 1 aliphatic carbocycles. The summed E-state index contributed by atoms with van der Waals surface area (Å²) in [6.07, 6.45) is 7.89. The molecule has 0 saturated heterocycles. The van der Waals surface area contributed by atoms with Gasteiger partial charge in [0, 0.05) is 6.04 Å². The summed E-state index contributed by atoms with van der Waals surface area (Å²) >= 11 is 0. The summed E-state index contributed by atoms with van der Waals surface area (Å²) in [5, 5.41) is 3.69. The van der Waals surface area contributed by atoms with E-state index in [0.29, 0.717) is 18.1 Å². The Morgan fingerprint density at radius 3 is 2.76 bits per heavy atom. The molecule has 2 rings (SSSR count). The summed E-state index contributed by atoms with van der Waals surface area (Å²) in [5.74, 6) is 1.59. The minimum Gasteiger partial charge on any atom is -0.489 e. The Morgan fingerprint density at radius 2 is 2.00 bits per heavy atom. The van der Waals surface area contributed by atoms with Gasteiger partial charge in [-0.05, 0) is 55.8 Å². The summed E-state index contributed by atoms with van der Waals surface area (Å²) in [4.78, 5) is 0. The van der Waals surface area contributed by atoms with E-state index in [1.807, 2.05) is 0 Å². The van der Waals surface area contributed by atoms with Crippen molar-refractivity contribution in [2.24, 2.45) is 0 Å². The third kappa shape index (κ3) is 5.03. The van der Waals surface area contributed by atoms with Crippen LogP contribution in [-0.2, 0) is 0 Å². The summed E-state index contributed by atoms with van der Waals surface area (Å²) in [5.41, 5.74) is 1.36. The fraction of sp³-hybridized carbons (Fsp3) is 0.684. The standard InChI is InChI=1S/C19H31NO/c1-4-13-20-18-11-6-5-7-12-19(18)21-17-10-8-9-16(14-17)15(2)3/h8-10,14-15,18-20H,4-7,11-13H2,1-3H3. The zero-order valence-corrected chi connectivity index (χ0v) is 13.9. The van der Waals surface area contributed by atoms with Crippen LogP contribution in [0.1, 0.15) is 70.8 Å². The fourth-order valence-electron chi connectivity index (χ4n) is 3.10. The first-order chi connectivity index (χ1) is 10.2. The van der Waals surface area contributed by atoms with Gasteiger partial charge in [0.2, 0.25) is 0 Å². The van der Waals surface area contributed by atoms with E-state index in [2.05, 4.69) is 50.4 Å². The van der Waals surface area contributed by atoms with E-state index in [1.165, 1.54) is 44.1 Å². The van der Waals surface area contributed by atoms with Crippen LogP contribution in [0.3, 0.4) is 0 Å². The molecular formula is C19H31NO. The van der Waals surface area contributed by atoms with Crippen molar-refractivity contribution in [3.63, 3.8) is 0 Å². The second-order valence-electron chi connectivity index (χ2n) is 6.58. The number of hydrogen-bond donors (Lipinski definition) is 1. The number of benzene rings is 1. The first-order valence-corrected chi connectivity index (χ1v) is 8.70. The largest absolute Gasteiger partial charge is 0.489 e. The second kappa shape index (κ2) is 8.43. The zero-order chi connectivity index (χ0) is 15.1. The molecule has 2 unspecified atom stereocenters.